The molecule has 9 heteroatoms. The van der Waals surface area contributed by atoms with Crippen LogP contribution in [-0.2, 0) is 4.79 Å². The van der Waals surface area contributed by atoms with Crippen LogP contribution in [0.2, 0.25) is 0 Å². The zero-order valence-electron chi connectivity index (χ0n) is 16.2. The van der Waals surface area contributed by atoms with Gasteiger partial charge in [0.15, 0.2) is 0 Å². The molecule has 0 spiro atoms. The first-order valence-corrected chi connectivity index (χ1v) is 10.1. The molecule has 2 amide bonds. The molecule has 2 aromatic rings. The fourth-order valence-electron chi connectivity index (χ4n) is 4.08. The van der Waals surface area contributed by atoms with Crippen molar-refractivity contribution in [3.8, 4) is 11.5 Å². The normalized spacial score (nSPS) is 23.0. The minimum Gasteiger partial charge on any atom is -0.481 e. The van der Waals surface area contributed by atoms with Gasteiger partial charge in [-0.15, -0.1) is 0 Å². The van der Waals surface area contributed by atoms with Gasteiger partial charge in [-0.25, -0.2) is 4.79 Å². The molecule has 29 heavy (non-hydrogen) atoms. The zero-order valence-corrected chi connectivity index (χ0v) is 16.2. The molecule has 0 unspecified atom stereocenters. The number of carbonyl (C=O) groups excluding carboxylic acids is 1. The predicted octanol–water partition coefficient (Wildman–Crippen LogP) is 2.66. The van der Waals surface area contributed by atoms with Gasteiger partial charge in [-0.3, -0.25) is 9.78 Å². The molecule has 1 saturated carbocycles. The SMILES string of the molecule is O=C(O)C1CCC(NC(=O)N2CCC(c3nc(-c4ccccn4)no3)CC2)CC1. The molecule has 3 heterocycles. The maximum absolute atomic E-state index is 12.6. The average molecular weight is 399 g/mol. The van der Waals surface area contributed by atoms with Gasteiger partial charge in [0, 0.05) is 31.2 Å². The van der Waals surface area contributed by atoms with Crippen LogP contribution in [0.5, 0.6) is 0 Å². The largest absolute Gasteiger partial charge is 0.481 e. The van der Waals surface area contributed by atoms with E-state index in [1.54, 1.807) is 6.20 Å². The molecule has 0 aromatic carbocycles. The molecule has 2 N–H and O–H groups in total. The number of likely N-dealkylation sites (tertiary alicyclic amines) is 1. The van der Waals surface area contributed by atoms with Crippen molar-refractivity contribution in [2.24, 2.45) is 5.92 Å². The Kier molecular flexibility index (Phi) is 5.73. The molecule has 0 atom stereocenters. The molecular weight excluding hydrogens is 374 g/mol. The highest BCUT2D eigenvalue weighted by molar-refractivity contribution is 5.75. The third-order valence-corrected chi connectivity index (χ3v) is 5.87. The Balaban J connectivity index is 1.26. The van der Waals surface area contributed by atoms with E-state index in [1.807, 2.05) is 23.1 Å². The molecule has 1 aliphatic carbocycles. The molecule has 2 fully saturated rings. The highest BCUT2D eigenvalue weighted by Crippen LogP contribution is 2.29. The predicted molar refractivity (Wildman–Crippen MR) is 103 cm³/mol. The summed E-state index contributed by atoms with van der Waals surface area (Å²) in [6.07, 6.45) is 5.91. The molecule has 1 saturated heterocycles. The van der Waals surface area contributed by atoms with Crippen LogP contribution in [0.1, 0.15) is 50.3 Å². The molecule has 154 valence electrons. The van der Waals surface area contributed by atoms with Crippen LogP contribution in [-0.4, -0.2) is 56.3 Å². The number of pyridine rings is 1. The number of nitrogens with one attached hydrogen (secondary N) is 1. The molecule has 0 bridgehead atoms. The highest BCUT2D eigenvalue weighted by atomic mass is 16.5. The third kappa shape index (κ3) is 4.55. The standard InChI is InChI=1S/C20H25N5O4/c26-19(27)14-4-6-15(7-5-14)22-20(28)25-11-8-13(9-12-25)18-23-17(24-29-18)16-3-1-2-10-21-16/h1-3,10,13-15H,4-9,11-12H2,(H,22,28)(H,26,27). The van der Waals surface area contributed by atoms with Crippen molar-refractivity contribution in [2.45, 2.75) is 50.5 Å². The van der Waals surface area contributed by atoms with E-state index in [9.17, 15) is 9.59 Å². The summed E-state index contributed by atoms with van der Waals surface area (Å²) in [4.78, 5) is 34.1. The summed E-state index contributed by atoms with van der Waals surface area (Å²) in [6, 6.07) is 5.55. The van der Waals surface area contributed by atoms with E-state index in [1.165, 1.54) is 0 Å². The summed E-state index contributed by atoms with van der Waals surface area (Å²) < 4.78 is 5.44. The number of carboxylic acids is 1. The molecule has 1 aliphatic heterocycles. The number of urea groups is 1. The molecule has 9 nitrogen and oxygen atoms in total. The summed E-state index contributed by atoms with van der Waals surface area (Å²) in [5.74, 6) is 0.207. The number of hydrogen-bond acceptors (Lipinski definition) is 6. The summed E-state index contributed by atoms with van der Waals surface area (Å²) in [5, 5.41) is 16.2. The quantitative estimate of drug-likeness (QED) is 0.810. The first-order valence-electron chi connectivity index (χ1n) is 10.1. The lowest BCUT2D eigenvalue weighted by atomic mass is 9.86. The Bertz CT molecular complexity index is 840. The van der Waals surface area contributed by atoms with Gasteiger partial charge in [0.05, 0.1) is 5.92 Å². The maximum atomic E-state index is 12.6. The number of aliphatic carboxylic acids is 1. The van der Waals surface area contributed by atoms with Crippen molar-refractivity contribution < 1.29 is 19.2 Å². The van der Waals surface area contributed by atoms with Crippen molar-refractivity contribution >= 4 is 12.0 Å². The summed E-state index contributed by atoms with van der Waals surface area (Å²) in [7, 11) is 0. The van der Waals surface area contributed by atoms with Crippen molar-refractivity contribution in [1.82, 2.24) is 25.3 Å². The highest BCUT2D eigenvalue weighted by Gasteiger charge is 2.30. The van der Waals surface area contributed by atoms with Gasteiger partial charge in [0.25, 0.3) is 0 Å². The smallest absolute Gasteiger partial charge is 0.317 e. The molecule has 0 radical (unpaired) electrons. The number of piperidine rings is 1. The Morgan fingerprint density at radius 1 is 1.10 bits per heavy atom. The average Bonchev–Trinajstić information content (AvgIpc) is 3.25. The van der Waals surface area contributed by atoms with Gasteiger partial charge in [-0.05, 0) is 50.7 Å². The lowest BCUT2D eigenvalue weighted by Crippen LogP contribution is -2.48. The Morgan fingerprint density at radius 3 is 2.52 bits per heavy atom. The van der Waals surface area contributed by atoms with Gasteiger partial charge in [-0.2, -0.15) is 4.98 Å². The minimum absolute atomic E-state index is 0.0627. The number of aromatic nitrogens is 3. The second-order valence-electron chi connectivity index (χ2n) is 7.77. The van der Waals surface area contributed by atoms with Crippen molar-refractivity contribution in [1.29, 1.82) is 0 Å². The Labute approximate surface area is 168 Å². The van der Waals surface area contributed by atoms with E-state index in [-0.39, 0.29) is 23.9 Å². The first kappa shape index (κ1) is 19.4. The van der Waals surface area contributed by atoms with Gasteiger partial charge in [0.2, 0.25) is 11.7 Å². The Hall–Kier alpha value is -2.97. The van der Waals surface area contributed by atoms with E-state index < -0.39 is 5.97 Å². The number of hydrogen-bond donors (Lipinski definition) is 2. The summed E-state index contributed by atoms with van der Waals surface area (Å²) in [6.45, 7) is 1.25. The van der Waals surface area contributed by atoms with Crippen LogP contribution < -0.4 is 5.32 Å². The van der Waals surface area contributed by atoms with Gasteiger partial charge >= 0.3 is 12.0 Å². The van der Waals surface area contributed by atoms with E-state index in [4.69, 9.17) is 9.63 Å². The molecule has 2 aromatic heterocycles. The number of carboxylic acid groups (broad SMARTS) is 1. The summed E-state index contributed by atoms with van der Waals surface area (Å²) >= 11 is 0. The van der Waals surface area contributed by atoms with Gasteiger partial charge < -0.3 is 19.8 Å². The second kappa shape index (κ2) is 8.59. The number of amides is 2. The zero-order chi connectivity index (χ0) is 20.2. The fourth-order valence-corrected chi connectivity index (χ4v) is 4.08. The maximum Gasteiger partial charge on any atom is 0.317 e. The topological polar surface area (TPSA) is 121 Å². The van der Waals surface area contributed by atoms with Gasteiger partial charge in [0.1, 0.15) is 5.69 Å². The lowest BCUT2D eigenvalue weighted by Gasteiger charge is -2.33. The lowest BCUT2D eigenvalue weighted by molar-refractivity contribution is -0.142. The fraction of sp³-hybridized carbons (Fsp3) is 0.550. The summed E-state index contributed by atoms with van der Waals surface area (Å²) in [5.41, 5.74) is 0.678. The van der Waals surface area contributed by atoms with Crippen molar-refractivity contribution in [3.63, 3.8) is 0 Å². The first-order chi connectivity index (χ1) is 14.1. The molecular formula is C20H25N5O4. The van der Waals surface area contributed by atoms with Crippen LogP contribution in [0.3, 0.4) is 0 Å². The molecule has 2 aliphatic rings. The van der Waals surface area contributed by atoms with Crippen LogP contribution in [0.15, 0.2) is 28.9 Å². The van der Waals surface area contributed by atoms with E-state index in [0.717, 1.165) is 25.7 Å². The van der Waals surface area contributed by atoms with Crippen LogP contribution in [0.25, 0.3) is 11.5 Å². The number of carbonyl (C=O) groups is 2. The second-order valence-corrected chi connectivity index (χ2v) is 7.77. The van der Waals surface area contributed by atoms with E-state index in [2.05, 4.69) is 20.4 Å². The Morgan fingerprint density at radius 2 is 1.86 bits per heavy atom. The van der Waals surface area contributed by atoms with Crippen molar-refractivity contribution in [3.05, 3.63) is 30.3 Å². The minimum atomic E-state index is -0.732. The monoisotopic (exact) mass is 399 g/mol. The van der Waals surface area contributed by atoms with Crippen LogP contribution >= 0.6 is 0 Å². The third-order valence-electron chi connectivity index (χ3n) is 5.87. The molecule has 4 rings (SSSR count). The van der Waals surface area contributed by atoms with Crippen LogP contribution in [0.4, 0.5) is 4.79 Å². The number of rotatable bonds is 4. The van der Waals surface area contributed by atoms with Crippen molar-refractivity contribution in [2.75, 3.05) is 13.1 Å². The number of nitrogens with zero attached hydrogens (tertiary/aromatic N) is 4. The van der Waals surface area contributed by atoms with E-state index >= 15 is 0 Å². The van der Waals surface area contributed by atoms with Crippen LogP contribution in [0, 0.1) is 5.92 Å². The van der Waals surface area contributed by atoms with Gasteiger partial charge in [-0.1, -0.05) is 11.2 Å². The van der Waals surface area contributed by atoms with E-state index in [0.29, 0.717) is 43.3 Å².